The highest BCUT2D eigenvalue weighted by Crippen LogP contribution is 2.33. The number of amidine groups is 1. The number of carbonyl (C=O) groups excluding carboxylic acids is 2. The standard InChI is InChI=1S/C17H14ClNO3.C17H14ClNO2S.C16H14ClNO3S.C15H15ClN2O2/c2*1-21-10-13-8-12(16-9-17(20)22-19-16)4-7-15(13)11-2-5-14(18)6-3-11;1-20-9-13-8-12(16-10-22(19)21-18-16)4-7-15(13)11-2-5-14(17)6-3-11;1-20-9-12-8-11(15(17)18-19)4-7-14(12)10-2-5-13(16)6-3-10/h3*2-8H,9-10H2,1H3;2-8,19H,9H2,1H3,(H2,17,18). The predicted molar refractivity (Wildman–Crippen MR) is 345 cm³/mol. The van der Waals surface area contributed by atoms with Gasteiger partial charge in [0, 0.05) is 65.2 Å². The van der Waals surface area contributed by atoms with Gasteiger partial charge in [-0.3, -0.25) is 9.08 Å². The van der Waals surface area contributed by atoms with Crippen molar-refractivity contribution in [2.45, 2.75) is 39.3 Å². The number of nitrogens with zero attached hydrogens (tertiary/aromatic N) is 4. The van der Waals surface area contributed by atoms with Crippen LogP contribution >= 0.6 is 58.4 Å². The Labute approximate surface area is 525 Å². The maximum Gasteiger partial charge on any atom is 0.341 e. The van der Waals surface area contributed by atoms with E-state index < -0.39 is 11.1 Å². The fourth-order valence-corrected chi connectivity index (χ4v) is 10.9. The maximum atomic E-state index is 11.4. The number of rotatable bonds is 16. The molecule has 3 aliphatic heterocycles. The first-order chi connectivity index (χ1) is 41.7. The van der Waals surface area contributed by atoms with E-state index in [0.717, 1.165) is 101 Å². The Morgan fingerprint density at radius 1 is 0.512 bits per heavy atom. The fraction of sp³-hybridized carbons (Fsp3) is 0.169. The average molecular weight is 1270 g/mol. The Morgan fingerprint density at radius 2 is 0.872 bits per heavy atom. The van der Waals surface area contributed by atoms with Crippen molar-refractivity contribution in [3.63, 3.8) is 0 Å². The van der Waals surface area contributed by atoms with Crippen LogP contribution in [0.15, 0.2) is 190 Å². The third kappa shape index (κ3) is 17.6. The molecule has 0 amide bonds. The van der Waals surface area contributed by atoms with Crippen molar-refractivity contribution in [3.05, 3.63) is 234 Å². The van der Waals surface area contributed by atoms with Crippen LogP contribution in [0.5, 0.6) is 0 Å². The molecule has 15 nitrogen and oxygen atoms in total. The van der Waals surface area contributed by atoms with Crippen molar-refractivity contribution < 1.29 is 47.1 Å². The zero-order chi connectivity index (χ0) is 61.1. The van der Waals surface area contributed by atoms with E-state index in [1.54, 1.807) is 34.5 Å². The topological polar surface area (TPSA) is 202 Å². The van der Waals surface area contributed by atoms with Crippen LogP contribution in [0, 0.1) is 0 Å². The van der Waals surface area contributed by atoms with Crippen LogP contribution in [-0.2, 0) is 75.2 Å². The van der Waals surface area contributed by atoms with Crippen molar-refractivity contribution in [1.29, 1.82) is 0 Å². The molecule has 8 aromatic rings. The van der Waals surface area contributed by atoms with E-state index in [-0.39, 0.29) is 23.3 Å². The SMILES string of the molecule is COCc1cc(/C(N)=N/O)ccc1-c1ccc(Cl)cc1.COCc1cc(C2=NOC(=O)C2)ccc1-c1ccc(Cl)cc1.COCc1cc(C2=NOS(=O)C2)ccc1-c1ccc(Cl)cc1.COCc1cc(C2=NSC(=O)C2)ccc1-c1ccc(Cl)cc1. The summed E-state index contributed by atoms with van der Waals surface area (Å²) in [6.07, 6.45) is 0.587. The number of hydrogen-bond donors (Lipinski definition) is 2. The molecular formula is C65H57Cl4N5O10S2. The Balaban J connectivity index is 0.000000149. The molecule has 21 heteroatoms. The second kappa shape index (κ2) is 31.7. The van der Waals surface area contributed by atoms with E-state index >= 15 is 0 Å². The number of halogens is 4. The number of carbonyl (C=O) groups is 2. The molecule has 0 saturated heterocycles. The van der Waals surface area contributed by atoms with Gasteiger partial charge in [-0.2, -0.15) is 0 Å². The first-order valence-corrected chi connectivity index (χ1v) is 29.9. The summed E-state index contributed by atoms with van der Waals surface area (Å²) in [5.41, 5.74) is 23.7. The Kier molecular flexibility index (Phi) is 23.8. The number of hydrogen-bond acceptors (Lipinski definition) is 15. The van der Waals surface area contributed by atoms with Crippen LogP contribution in [0.3, 0.4) is 0 Å². The summed E-state index contributed by atoms with van der Waals surface area (Å²) < 4.78 is 41.4. The van der Waals surface area contributed by atoms with E-state index in [9.17, 15) is 13.8 Å². The quantitative estimate of drug-likeness (QED) is 0.0232. The van der Waals surface area contributed by atoms with Gasteiger partial charge in [0.2, 0.25) is 16.2 Å². The van der Waals surface area contributed by atoms with Crippen molar-refractivity contribution >= 4 is 103 Å². The Hall–Kier alpha value is -7.52. The van der Waals surface area contributed by atoms with E-state index in [1.165, 1.54) is 0 Å². The van der Waals surface area contributed by atoms with Gasteiger partial charge in [-0.1, -0.05) is 159 Å². The van der Waals surface area contributed by atoms with Gasteiger partial charge in [0.15, 0.2) is 5.84 Å². The summed E-state index contributed by atoms with van der Waals surface area (Å²) in [5.74, 6) is 0.0577. The molecule has 86 heavy (non-hydrogen) atoms. The highest BCUT2D eigenvalue weighted by atomic mass is 35.5. The summed E-state index contributed by atoms with van der Waals surface area (Å²) >= 11 is 23.4. The van der Waals surface area contributed by atoms with Crippen molar-refractivity contribution in [1.82, 2.24) is 0 Å². The normalized spacial score (nSPS) is 14.3. The van der Waals surface area contributed by atoms with Crippen molar-refractivity contribution in [3.8, 4) is 44.5 Å². The van der Waals surface area contributed by atoms with Crippen molar-refractivity contribution in [2.75, 3.05) is 34.2 Å². The van der Waals surface area contributed by atoms with Gasteiger partial charge in [0.25, 0.3) is 0 Å². The van der Waals surface area contributed by atoms with Crippen LogP contribution in [0.2, 0.25) is 20.1 Å². The molecular weight excluding hydrogens is 1220 g/mol. The van der Waals surface area contributed by atoms with Crippen LogP contribution in [0.1, 0.15) is 57.3 Å². The first kappa shape index (κ1) is 64.5. The minimum Gasteiger partial charge on any atom is -0.409 e. The van der Waals surface area contributed by atoms with E-state index in [0.29, 0.717) is 75.7 Å². The zero-order valence-electron chi connectivity index (χ0n) is 46.9. The third-order valence-electron chi connectivity index (χ3n) is 13.3. The summed E-state index contributed by atoms with van der Waals surface area (Å²) in [5, 5.41) is 22.3. The van der Waals surface area contributed by atoms with Gasteiger partial charge >= 0.3 is 5.97 Å². The van der Waals surface area contributed by atoms with E-state index in [1.807, 2.05) is 164 Å². The highest BCUT2D eigenvalue weighted by Gasteiger charge is 2.22. The minimum absolute atomic E-state index is 0.0741. The van der Waals surface area contributed by atoms with Gasteiger partial charge in [0.05, 0.1) is 62.6 Å². The lowest BCUT2D eigenvalue weighted by Crippen LogP contribution is -2.13. The second-order valence-electron chi connectivity index (χ2n) is 19.1. The van der Waals surface area contributed by atoms with Crippen LogP contribution in [-0.4, -0.2) is 77.7 Å². The molecule has 0 saturated carbocycles. The first-order valence-electron chi connectivity index (χ1n) is 26.3. The number of nitrogens with two attached hydrogens (primary N) is 1. The number of benzene rings is 8. The summed E-state index contributed by atoms with van der Waals surface area (Å²) in [6.45, 7) is 1.88. The minimum atomic E-state index is -1.36. The van der Waals surface area contributed by atoms with Crippen LogP contribution in [0.25, 0.3) is 44.5 Å². The van der Waals surface area contributed by atoms with Gasteiger partial charge in [-0.05, 0) is 145 Å². The lowest BCUT2D eigenvalue weighted by molar-refractivity contribution is -0.140. The number of methoxy groups -OCH3 is 4. The van der Waals surface area contributed by atoms with E-state index in [4.69, 9.17) is 80.6 Å². The molecule has 0 aromatic heterocycles. The van der Waals surface area contributed by atoms with Crippen LogP contribution in [0.4, 0.5) is 0 Å². The highest BCUT2D eigenvalue weighted by molar-refractivity contribution is 8.13. The summed E-state index contributed by atoms with van der Waals surface area (Å²) in [7, 11) is 6.61. The second-order valence-corrected chi connectivity index (χ2v) is 22.8. The molecule has 1 atom stereocenters. The molecule has 0 fully saturated rings. The Bertz CT molecular complexity index is 3540. The lowest BCUT2D eigenvalue weighted by atomic mass is 9.96. The summed E-state index contributed by atoms with van der Waals surface area (Å²) in [4.78, 5) is 27.2. The van der Waals surface area contributed by atoms with Gasteiger partial charge < -0.3 is 34.7 Å². The van der Waals surface area contributed by atoms with Gasteiger partial charge in [-0.15, -0.1) is 0 Å². The zero-order valence-corrected chi connectivity index (χ0v) is 51.6. The molecule has 3 aliphatic rings. The molecule has 442 valence electrons. The van der Waals surface area contributed by atoms with Crippen molar-refractivity contribution in [2.24, 2.45) is 25.6 Å². The lowest BCUT2D eigenvalue weighted by Gasteiger charge is -2.12. The number of oxime groups is 3. The third-order valence-corrected chi connectivity index (χ3v) is 15.7. The molecule has 3 heterocycles. The molecule has 1 unspecified atom stereocenters. The average Bonchev–Trinajstić information content (AvgIpc) is 3.67. The molecule has 0 aliphatic carbocycles. The number of ether oxygens (including phenoxy) is 4. The summed E-state index contributed by atoms with van der Waals surface area (Å²) in [6, 6.07) is 54.1. The van der Waals surface area contributed by atoms with Crippen LogP contribution < -0.4 is 5.73 Å². The monoisotopic (exact) mass is 1270 g/mol. The van der Waals surface area contributed by atoms with Gasteiger partial charge in [-0.25, -0.2) is 13.4 Å². The molecule has 3 N–H and O–H groups in total. The smallest absolute Gasteiger partial charge is 0.341 e. The molecule has 8 aromatic carbocycles. The van der Waals surface area contributed by atoms with E-state index in [2.05, 4.69) is 24.7 Å². The molecule has 0 bridgehead atoms. The van der Waals surface area contributed by atoms with Gasteiger partial charge in [0.1, 0.15) is 11.5 Å². The molecule has 11 rings (SSSR count). The predicted octanol–water partition coefficient (Wildman–Crippen LogP) is 15.1. The largest absolute Gasteiger partial charge is 0.409 e. The molecule has 0 radical (unpaired) electrons. The molecule has 0 spiro atoms. The maximum absolute atomic E-state index is 11.4. The fourth-order valence-electron chi connectivity index (χ4n) is 9.19. The Morgan fingerprint density at radius 3 is 1.20 bits per heavy atom.